The van der Waals surface area contributed by atoms with Crippen molar-refractivity contribution in [2.75, 3.05) is 10.8 Å². The third-order valence-corrected chi connectivity index (χ3v) is 6.00. The highest BCUT2D eigenvalue weighted by molar-refractivity contribution is 7.85. The molecule has 0 aromatic heterocycles. The largest absolute Gasteiger partial charge is 0.747 e. The highest BCUT2D eigenvalue weighted by Gasteiger charge is 2.28. The second-order valence-electron chi connectivity index (χ2n) is 7.78. The third-order valence-electron chi connectivity index (χ3n) is 5.42. The standard InChI is InChI=1S/C28H18N4O4S/c1-31-24(18-30)28(21-10-6-3-7-11-21)23(17-29)13-15-27-32(19-37(33,34)35)25-16-22(12-14-26(25)36-27)20-8-4-2-5-9-20/h2-16H,19H2,(H,33,34,35)/p-1/b23-13+,27-15-,28-24-. The van der Waals surface area contributed by atoms with Gasteiger partial charge in [-0.3, -0.25) is 4.90 Å². The van der Waals surface area contributed by atoms with Crippen molar-refractivity contribution in [2.24, 2.45) is 0 Å². The molecule has 0 atom stereocenters. The Balaban J connectivity index is 1.82. The molecule has 1 aliphatic heterocycles. The summed E-state index contributed by atoms with van der Waals surface area (Å²) in [5, 5.41) is 19.3. The van der Waals surface area contributed by atoms with Gasteiger partial charge in [0, 0.05) is 11.6 Å². The second kappa shape index (κ2) is 10.6. The van der Waals surface area contributed by atoms with E-state index in [-0.39, 0.29) is 22.7 Å². The van der Waals surface area contributed by atoms with E-state index in [9.17, 15) is 23.5 Å². The number of allylic oxidation sites excluding steroid dienone is 5. The van der Waals surface area contributed by atoms with E-state index in [1.807, 2.05) is 48.5 Å². The van der Waals surface area contributed by atoms with Crippen molar-refractivity contribution < 1.29 is 17.7 Å². The van der Waals surface area contributed by atoms with Crippen LogP contribution in [0.4, 0.5) is 5.69 Å². The Morgan fingerprint density at radius 2 is 1.68 bits per heavy atom. The average Bonchev–Trinajstić information content (AvgIpc) is 3.24. The molecule has 3 aromatic carbocycles. The van der Waals surface area contributed by atoms with Crippen LogP contribution < -0.4 is 9.64 Å². The Morgan fingerprint density at radius 1 is 1.00 bits per heavy atom. The Hall–Kier alpha value is -5.14. The van der Waals surface area contributed by atoms with E-state index in [0.717, 1.165) is 11.1 Å². The zero-order chi connectivity index (χ0) is 26.4. The zero-order valence-corrected chi connectivity index (χ0v) is 20.0. The van der Waals surface area contributed by atoms with Crippen LogP contribution in [0.25, 0.3) is 21.5 Å². The highest BCUT2D eigenvalue weighted by Crippen LogP contribution is 2.42. The maximum absolute atomic E-state index is 11.7. The van der Waals surface area contributed by atoms with Crippen LogP contribution in [0.5, 0.6) is 5.75 Å². The second-order valence-corrected chi connectivity index (χ2v) is 9.15. The number of fused-ring (bicyclic) bond motifs is 1. The molecule has 0 saturated heterocycles. The summed E-state index contributed by atoms with van der Waals surface area (Å²) in [6.07, 6.45) is 2.67. The Kier molecular flexibility index (Phi) is 7.18. The summed E-state index contributed by atoms with van der Waals surface area (Å²) >= 11 is 0. The smallest absolute Gasteiger partial charge is 0.270 e. The third kappa shape index (κ3) is 5.58. The van der Waals surface area contributed by atoms with E-state index < -0.39 is 16.0 Å². The van der Waals surface area contributed by atoms with Gasteiger partial charge in [0.25, 0.3) is 5.70 Å². The van der Waals surface area contributed by atoms with E-state index in [2.05, 4.69) is 4.85 Å². The molecular weight excluding hydrogens is 488 g/mol. The van der Waals surface area contributed by atoms with Crippen molar-refractivity contribution >= 4 is 21.4 Å². The van der Waals surface area contributed by atoms with Crippen LogP contribution in [0.3, 0.4) is 0 Å². The number of nitriles is 2. The zero-order valence-electron chi connectivity index (χ0n) is 19.2. The Labute approximate surface area is 214 Å². The van der Waals surface area contributed by atoms with Crippen LogP contribution in [-0.4, -0.2) is 18.8 Å². The fourth-order valence-corrected chi connectivity index (χ4v) is 4.40. The molecule has 3 aromatic rings. The van der Waals surface area contributed by atoms with Gasteiger partial charge in [0.15, 0.2) is 5.75 Å². The van der Waals surface area contributed by atoms with Gasteiger partial charge >= 0.3 is 0 Å². The van der Waals surface area contributed by atoms with Gasteiger partial charge < -0.3 is 9.29 Å². The molecule has 37 heavy (non-hydrogen) atoms. The molecule has 1 heterocycles. The number of hydrogen-bond donors (Lipinski definition) is 0. The van der Waals surface area contributed by atoms with Gasteiger partial charge in [0.2, 0.25) is 5.88 Å². The van der Waals surface area contributed by atoms with Gasteiger partial charge in [-0.15, -0.1) is 0 Å². The predicted octanol–water partition coefficient (Wildman–Crippen LogP) is 5.20. The SMILES string of the molecule is [C-]#[N+]\C(C#N)=C(/C(C#N)=C/C=C1\Oc2ccc(-c3ccccc3)cc2N1CS(=O)(=O)[O-])c1ccccc1. The van der Waals surface area contributed by atoms with Crippen LogP contribution >= 0.6 is 0 Å². The number of anilines is 1. The molecule has 180 valence electrons. The monoisotopic (exact) mass is 505 g/mol. The molecule has 0 N–H and O–H groups in total. The normalized spacial score (nSPS) is 14.6. The minimum atomic E-state index is -4.71. The van der Waals surface area contributed by atoms with E-state index in [0.29, 0.717) is 17.0 Å². The fraction of sp³-hybridized carbons (Fsp3) is 0.0357. The lowest BCUT2D eigenvalue weighted by atomic mass is 9.96. The lowest BCUT2D eigenvalue weighted by molar-refractivity contribution is 0.433. The van der Waals surface area contributed by atoms with Gasteiger partial charge in [0.05, 0.1) is 30.0 Å². The van der Waals surface area contributed by atoms with Gasteiger partial charge in [0.1, 0.15) is 16.0 Å². The van der Waals surface area contributed by atoms with Gasteiger partial charge in [-0.05, 0) is 34.9 Å². The summed E-state index contributed by atoms with van der Waals surface area (Å²) in [6.45, 7) is 7.37. The van der Waals surface area contributed by atoms with Crippen LogP contribution in [0.1, 0.15) is 5.56 Å². The minimum absolute atomic E-state index is 0.00104. The number of rotatable bonds is 6. The highest BCUT2D eigenvalue weighted by atomic mass is 32.2. The molecule has 0 aliphatic carbocycles. The van der Waals surface area contributed by atoms with E-state index in [4.69, 9.17) is 11.3 Å². The van der Waals surface area contributed by atoms with E-state index in [1.54, 1.807) is 42.5 Å². The average molecular weight is 506 g/mol. The lowest BCUT2D eigenvalue weighted by Crippen LogP contribution is -2.27. The molecule has 0 bridgehead atoms. The number of nitrogens with zero attached hydrogens (tertiary/aromatic N) is 4. The van der Waals surface area contributed by atoms with Gasteiger partial charge in [-0.25, -0.2) is 18.5 Å². The summed E-state index contributed by atoms with van der Waals surface area (Å²) in [6, 6.07) is 26.9. The minimum Gasteiger partial charge on any atom is -0.747 e. The first-order chi connectivity index (χ1) is 17.8. The van der Waals surface area contributed by atoms with Gasteiger partial charge in [-0.1, -0.05) is 66.7 Å². The first-order valence-electron chi connectivity index (χ1n) is 10.8. The maximum Gasteiger partial charge on any atom is 0.270 e. The van der Waals surface area contributed by atoms with Crippen molar-refractivity contribution in [1.82, 2.24) is 0 Å². The maximum atomic E-state index is 11.7. The molecule has 0 spiro atoms. The summed E-state index contributed by atoms with van der Waals surface area (Å²) in [7, 11) is -4.71. The van der Waals surface area contributed by atoms with Gasteiger partial charge in [-0.2, -0.15) is 5.26 Å². The molecule has 1 aliphatic rings. The Bertz CT molecular complexity index is 1660. The number of hydrogen-bond acceptors (Lipinski definition) is 7. The van der Waals surface area contributed by atoms with Crippen molar-refractivity contribution in [3.05, 3.63) is 125 Å². The fourth-order valence-electron chi connectivity index (χ4n) is 3.82. The molecule has 0 amide bonds. The summed E-state index contributed by atoms with van der Waals surface area (Å²) in [5.41, 5.74) is 2.37. The number of benzene rings is 3. The molecule has 0 saturated carbocycles. The summed E-state index contributed by atoms with van der Waals surface area (Å²) < 4.78 is 41.0. The van der Waals surface area contributed by atoms with Crippen LogP contribution in [0.15, 0.2) is 108 Å². The topological polar surface area (TPSA) is 122 Å². The summed E-state index contributed by atoms with van der Waals surface area (Å²) in [4.78, 5) is 4.47. The van der Waals surface area contributed by atoms with Crippen molar-refractivity contribution in [2.45, 2.75) is 0 Å². The van der Waals surface area contributed by atoms with Crippen molar-refractivity contribution in [3.8, 4) is 29.0 Å². The predicted molar refractivity (Wildman–Crippen MR) is 137 cm³/mol. The first kappa shape index (κ1) is 25.0. The quantitative estimate of drug-likeness (QED) is 0.195. The molecule has 4 rings (SSSR count). The lowest BCUT2D eigenvalue weighted by Gasteiger charge is -2.20. The van der Waals surface area contributed by atoms with Crippen LogP contribution in [0, 0.1) is 29.2 Å². The number of ether oxygens (including phenoxy) is 1. The molecule has 0 unspecified atom stereocenters. The van der Waals surface area contributed by atoms with Crippen molar-refractivity contribution in [1.29, 1.82) is 10.5 Å². The van der Waals surface area contributed by atoms with Crippen molar-refractivity contribution in [3.63, 3.8) is 0 Å². The molecular formula is C28H17N4O4S-. The van der Waals surface area contributed by atoms with E-state index in [1.165, 1.54) is 17.1 Å². The molecule has 0 fully saturated rings. The molecule has 0 radical (unpaired) electrons. The van der Waals surface area contributed by atoms with Crippen LogP contribution in [0.2, 0.25) is 0 Å². The van der Waals surface area contributed by atoms with E-state index >= 15 is 0 Å². The summed E-state index contributed by atoms with van der Waals surface area (Å²) in [5.74, 6) is -0.563. The first-order valence-corrected chi connectivity index (χ1v) is 12.4. The molecule has 9 heteroatoms. The molecule has 8 nitrogen and oxygen atoms in total. The Morgan fingerprint density at radius 3 is 2.27 bits per heavy atom. The van der Waals surface area contributed by atoms with Crippen LogP contribution in [-0.2, 0) is 10.1 Å².